The molecule has 0 spiro atoms. The molecule has 1 heterocycles. The van der Waals surface area contributed by atoms with Crippen LogP contribution in [0.15, 0.2) is 34.9 Å². The predicted octanol–water partition coefficient (Wildman–Crippen LogP) is 2.03. The minimum absolute atomic E-state index is 0.0846. The van der Waals surface area contributed by atoms with E-state index in [1.165, 1.54) is 0 Å². The maximum atomic E-state index is 11.8. The molecule has 2 aliphatic rings. The van der Waals surface area contributed by atoms with E-state index in [4.69, 9.17) is 0 Å². The second kappa shape index (κ2) is 4.53. The lowest BCUT2D eigenvalue weighted by molar-refractivity contribution is -0.116. The summed E-state index contributed by atoms with van der Waals surface area (Å²) >= 11 is 0. The van der Waals surface area contributed by atoms with Gasteiger partial charge in [-0.25, -0.2) is 5.43 Å². The first-order valence-corrected chi connectivity index (χ1v) is 6.52. The zero-order valence-corrected chi connectivity index (χ0v) is 11.2. The van der Waals surface area contributed by atoms with Crippen LogP contribution in [0.5, 0.6) is 0 Å². The molecule has 1 amide bonds. The number of benzene rings is 1. The molecule has 0 aromatic heterocycles. The molecule has 4 heteroatoms. The molecule has 19 heavy (non-hydrogen) atoms. The quantitative estimate of drug-likeness (QED) is 0.840. The van der Waals surface area contributed by atoms with Crippen LogP contribution in [0.1, 0.15) is 18.4 Å². The molecule has 4 nitrogen and oxygen atoms in total. The minimum Gasteiger partial charge on any atom is -0.378 e. The third-order valence-electron chi connectivity index (χ3n) is 3.48. The Labute approximate surface area is 112 Å². The number of amides is 1. The fraction of sp³-hybridized carbons (Fsp3) is 0.333. The number of anilines is 1. The van der Waals surface area contributed by atoms with Gasteiger partial charge in [-0.1, -0.05) is 12.1 Å². The summed E-state index contributed by atoms with van der Waals surface area (Å²) < 4.78 is 0. The van der Waals surface area contributed by atoms with Crippen molar-refractivity contribution in [2.24, 2.45) is 11.0 Å². The summed E-state index contributed by atoms with van der Waals surface area (Å²) in [6, 6.07) is 8.15. The van der Waals surface area contributed by atoms with E-state index in [0.29, 0.717) is 5.92 Å². The molecule has 0 saturated heterocycles. The van der Waals surface area contributed by atoms with Crippen molar-refractivity contribution >= 4 is 23.4 Å². The van der Waals surface area contributed by atoms with Gasteiger partial charge in [0.1, 0.15) is 0 Å². The second-order valence-electron chi connectivity index (χ2n) is 5.26. The summed E-state index contributed by atoms with van der Waals surface area (Å²) in [6.45, 7) is 0. The van der Waals surface area contributed by atoms with Gasteiger partial charge in [0.15, 0.2) is 0 Å². The van der Waals surface area contributed by atoms with Gasteiger partial charge in [0, 0.05) is 25.7 Å². The molecule has 98 valence electrons. The van der Waals surface area contributed by atoms with E-state index < -0.39 is 0 Å². The van der Waals surface area contributed by atoms with Crippen LogP contribution in [0, 0.1) is 5.92 Å². The van der Waals surface area contributed by atoms with Crippen LogP contribution >= 0.6 is 0 Å². The van der Waals surface area contributed by atoms with Gasteiger partial charge in [0.2, 0.25) is 0 Å². The molecular formula is C15H17N3O. The Morgan fingerprint density at radius 3 is 2.53 bits per heavy atom. The Hall–Kier alpha value is -2.10. The summed E-state index contributed by atoms with van der Waals surface area (Å²) in [5, 5.41) is 4.14. The van der Waals surface area contributed by atoms with Gasteiger partial charge in [0.05, 0.1) is 11.3 Å². The van der Waals surface area contributed by atoms with Gasteiger partial charge in [-0.2, -0.15) is 5.10 Å². The highest BCUT2D eigenvalue weighted by atomic mass is 16.2. The molecule has 1 aromatic rings. The van der Waals surface area contributed by atoms with Gasteiger partial charge in [-0.15, -0.1) is 0 Å². The van der Waals surface area contributed by atoms with Crippen LogP contribution in [-0.4, -0.2) is 25.7 Å². The van der Waals surface area contributed by atoms with Crippen molar-refractivity contribution in [3.05, 3.63) is 35.4 Å². The van der Waals surface area contributed by atoms with Crippen molar-refractivity contribution in [1.29, 1.82) is 0 Å². The SMILES string of the molecule is CN(C)c1ccc(C=C2C(=O)NN=C2C2CC2)cc1. The predicted molar refractivity (Wildman–Crippen MR) is 77.0 cm³/mol. The molecule has 0 bridgehead atoms. The van der Waals surface area contributed by atoms with Crippen LogP contribution in [0.2, 0.25) is 0 Å². The highest BCUT2D eigenvalue weighted by molar-refractivity contribution is 6.28. The van der Waals surface area contributed by atoms with Crippen LogP contribution in [-0.2, 0) is 4.79 Å². The van der Waals surface area contributed by atoms with E-state index in [1.54, 1.807) is 0 Å². The van der Waals surface area contributed by atoms with E-state index in [0.717, 1.165) is 35.4 Å². The van der Waals surface area contributed by atoms with E-state index in [9.17, 15) is 4.79 Å². The number of hydrogen-bond donors (Lipinski definition) is 1. The maximum absolute atomic E-state index is 11.8. The van der Waals surface area contributed by atoms with Gasteiger partial charge in [-0.05, 0) is 36.6 Å². The van der Waals surface area contributed by atoms with E-state index in [2.05, 4.69) is 15.4 Å². The lowest BCUT2D eigenvalue weighted by Crippen LogP contribution is -2.13. The largest absolute Gasteiger partial charge is 0.378 e. The Kier molecular flexibility index (Phi) is 2.85. The molecule has 1 saturated carbocycles. The Balaban J connectivity index is 1.87. The zero-order chi connectivity index (χ0) is 13.4. The molecule has 1 aliphatic heterocycles. The van der Waals surface area contributed by atoms with Gasteiger partial charge < -0.3 is 4.90 Å². The number of carbonyl (C=O) groups excluding carboxylic acids is 1. The first-order valence-electron chi connectivity index (χ1n) is 6.52. The first-order chi connectivity index (χ1) is 9.15. The number of rotatable bonds is 3. The number of nitrogens with one attached hydrogen (secondary N) is 1. The van der Waals surface area contributed by atoms with Crippen molar-refractivity contribution in [2.75, 3.05) is 19.0 Å². The highest BCUT2D eigenvalue weighted by Gasteiger charge is 2.35. The maximum Gasteiger partial charge on any atom is 0.273 e. The summed E-state index contributed by atoms with van der Waals surface area (Å²) in [7, 11) is 4.02. The second-order valence-corrected chi connectivity index (χ2v) is 5.26. The first kappa shape index (κ1) is 12.0. The fourth-order valence-electron chi connectivity index (χ4n) is 2.19. The third kappa shape index (κ3) is 2.38. The van der Waals surface area contributed by atoms with E-state index in [-0.39, 0.29) is 5.91 Å². The molecule has 1 fully saturated rings. The Morgan fingerprint density at radius 1 is 1.26 bits per heavy atom. The third-order valence-corrected chi connectivity index (χ3v) is 3.48. The Morgan fingerprint density at radius 2 is 1.95 bits per heavy atom. The number of hydrogen-bond acceptors (Lipinski definition) is 3. The summed E-state index contributed by atoms with van der Waals surface area (Å²) in [6.07, 6.45) is 4.22. The smallest absolute Gasteiger partial charge is 0.273 e. The van der Waals surface area contributed by atoms with E-state index in [1.807, 2.05) is 44.4 Å². The average molecular weight is 255 g/mol. The van der Waals surface area contributed by atoms with Crippen LogP contribution in [0.25, 0.3) is 6.08 Å². The highest BCUT2D eigenvalue weighted by Crippen LogP contribution is 2.35. The lowest BCUT2D eigenvalue weighted by Gasteiger charge is -2.12. The van der Waals surface area contributed by atoms with Gasteiger partial charge >= 0.3 is 0 Å². The summed E-state index contributed by atoms with van der Waals surface area (Å²) in [5.41, 5.74) is 6.40. The number of carbonyl (C=O) groups is 1. The lowest BCUT2D eigenvalue weighted by atomic mass is 10.0. The molecule has 1 aromatic carbocycles. The van der Waals surface area contributed by atoms with Gasteiger partial charge in [0.25, 0.3) is 5.91 Å². The molecule has 0 atom stereocenters. The van der Waals surface area contributed by atoms with Crippen molar-refractivity contribution < 1.29 is 4.79 Å². The molecule has 3 rings (SSSR count). The summed E-state index contributed by atoms with van der Waals surface area (Å²) in [4.78, 5) is 13.8. The molecule has 0 radical (unpaired) electrons. The van der Waals surface area contributed by atoms with Crippen molar-refractivity contribution in [1.82, 2.24) is 5.43 Å². The standard InChI is InChI=1S/C15H17N3O/c1-18(2)12-7-3-10(4-8-12)9-13-14(11-5-6-11)16-17-15(13)19/h3-4,7-9,11H,5-6H2,1-2H3,(H,17,19). The van der Waals surface area contributed by atoms with Crippen LogP contribution < -0.4 is 10.3 Å². The summed E-state index contributed by atoms with van der Waals surface area (Å²) in [5.74, 6) is 0.393. The van der Waals surface area contributed by atoms with Crippen molar-refractivity contribution in [3.8, 4) is 0 Å². The normalized spacial score (nSPS) is 20.4. The zero-order valence-electron chi connectivity index (χ0n) is 11.2. The molecular weight excluding hydrogens is 238 g/mol. The Bertz CT molecular complexity index is 566. The van der Waals surface area contributed by atoms with Gasteiger partial charge in [-0.3, -0.25) is 4.79 Å². The topological polar surface area (TPSA) is 44.7 Å². The van der Waals surface area contributed by atoms with Crippen LogP contribution in [0.3, 0.4) is 0 Å². The average Bonchev–Trinajstić information content (AvgIpc) is 3.17. The molecule has 1 aliphatic carbocycles. The minimum atomic E-state index is -0.0846. The molecule has 1 N–H and O–H groups in total. The number of nitrogens with zero attached hydrogens (tertiary/aromatic N) is 2. The molecule has 0 unspecified atom stereocenters. The van der Waals surface area contributed by atoms with E-state index >= 15 is 0 Å². The number of hydrazone groups is 1. The van der Waals surface area contributed by atoms with Crippen molar-refractivity contribution in [2.45, 2.75) is 12.8 Å². The fourth-order valence-corrected chi connectivity index (χ4v) is 2.19. The van der Waals surface area contributed by atoms with Crippen LogP contribution in [0.4, 0.5) is 5.69 Å². The monoisotopic (exact) mass is 255 g/mol. The van der Waals surface area contributed by atoms with Crippen molar-refractivity contribution in [3.63, 3.8) is 0 Å².